The Kier molecular flexibility index (Phi) is 5.79. The quantitative estimate of drug-likeness (QED) is 0.248. The van der Waals surface area contributed by atoms with Crippen molar-refractivity contribution in [3.63, 3.8) is 0 Å². The number of aromatic nitrogens is 3. The van der Waals surface area contributed by atoms with E-state index in [-0.39, 0.29) is 23.1 Å². The van der Waals surface area contributed by atoms with Crippen molar-refractivity contribution < 1.29 is 31.1 Å². The van der Waals surface area contributed by atoms with Crippen LogP contribution < -0.4 is 16.5 Å². The molecule has 0 spiro atoms. The Morgan fingerprint density at radius 1 is 0.943 bits per heavy atom. The SMILES string of the molecule is O=Cc1ccn(-c2cc3c(cc2C(F)(F)F)[nH]c(=O)c(=O)n3NCc2ccc(C(F)(F)F)cc2)c1. The number of fused-ring (bicyclic) bond motifs is 1. The fourth-order valence-electron chi connectivity index (χ4n) is 3.46. The zero-order chi connectivity index (χ0) is 25.5. The van der Waals surface area contributed by atoms with E-state index < -0.39 is 40.3 Å². The van der Waals surface area contributed by atoms with Gasteiger partial charge in [0, 0.05) is 18.0 Å². The van der Waals surface area contributed by atoms with E-state index in [9.17, 15) is 40.7 Å². The number of alkyl halides is 6. The standard InChI is InChI=1S/C22H14F6N4O3/c23-21(24,25)14-3-1-12(2-4-14)9-29-32-18-8-17(31-6-5-13(10-31)11-33)15(22(26,27)28)7-16(18)30-19(34)20(32)35/h1-8,10-11,29H,9H2,(H,30,34). The van der Waals surface area contributed by atoms with E-state index in [4.69, 9.17) is 0 Å². The highest BCUT2D eigenvalue weighted by atomic mass is 19.4. The molecule has 0 atom stereocenters. The molecule has 2 heterocycles. The van der Waals surface area contributed by atoms with Crippen LogP contribution in [-0.4, -0.2) is 20.5 Å². The van der Waals surface area contributed by atoms with Crippen molar-refractivity contribution >= 4 is 17.3 Å². The summed E-state index contributed by atoms with van der Waals surface area (Å²) in [5.41, 5.74) is -2.23. The van der Waals surface area contributed by atoms with Gasteiger partial charge in [-0.25, -0.2) is 4.68 Å². The largest absolute Gasteiger partial charge is 0.418 e. The summed E-state index contributed by atoms with van der Waals surface area (Å²) in [6.45, 7) is -0.217. The first-order valence-corrected chi connectivity index (χ1v) is 9.82. The number of rotatable bonds is 5. The van der Waals surface area contributed by atoms with E-state index >= 15 is 0 Å². The van der Waals surface area contributed by atoms with Crippen LogP contribution >= 0.6 is 0 Å². The molecule has 2 aromatic carbocycles. The van der Waals surface area contributed by atoms with Crippen LogP contribution in [0.5, 0.6) is 0 Å². The Morgan fingerprint density at radius 3 is 2.20 bits per heavy atom. The molecule has 0 bridgehead atoms. The third kappa shape index (κ3) is 4.69. The molecule has 4 rings (SSSR count). The van der Waals surface area contributed by atoms with Gasteiger partial charge in [0.25, 0.3) is 0 Å². The predicted octanol–water partition coefficient (Wildman–Crippen LogP) is 4.07. The third-order valence-electron chi connectivity index (χ3n) is 5.16. The second kappa shape index (κ2) is 8.49. The van der Waals surface area contributed by atoms with Gasteiger partial charge in [-0.15, -0.1) is 0 Å². The lowest BCUT2D eigenvalue weighted by atomic mass is 10.1. The molecule has 35 heavy (non-hydrogen) atoms. The van der Waals surface area contributed by atoms with Gasteiger partial charge in [0.1, 0.15) is 0 Å². The van der Waals surface area contributed by atoms with Gasteiger partial charge < -0.3 is 15.0 Å². The molecule has 0 amide bonds. The highest BCUT2D eigenvalue weighted by molar-refractivity contribution is 5.80. The first kappa shape index (κ1) is 23.9. The van der Waals surface area contributed by atoms with Crippen molar-refractivity contribution in [1.82, 2.24) is 14.2 Å². The number of nitrogens with zero attached hydrogens (tertiary/aromatic N) is 2. The number of benzene rings is 2. The Hall–Kier alpha value is -4.29. The molecule has 13 heteroatoms. The average Bonchev–Trinajstić information content (AvgIpc) is 3.27. The number of aldehydes is 1. The average molecular weight is 496 g/mol. The van der Waals surface area contributed by atoms with E-state index in [1.165, 1.54) is 12.3 Å². The maximum absolute atomic E-state index is 13.8. The number of aromatic amines is 1. The first-order valence-electron chi connectivity index (χ1n) is 9.82. The molecule has 0 unspecified atom stereocenters. The molecular formula is C22H14F6N4O3. The van der Waals surface area contributed by atoms with Crippen LogP contribution in [0.2, 0.25) is 0 Å². The second-order valence-corrected chi connectivity index (χ2v) is 7.48. The number of H-pyrrole nitrogens is 1. The van der Waals surface area contributed by atoms with Gasteiger partial charge in [0.2, 0.25) is 0 Å². The monoisotopic (exact) mass is 496 g/mol. The van der Waals surface area contributed by atoms with Crippen LogP contribution in [0.1, 0.15) is 27.0 Å². The number of hydrogen-bond donors (Lipinski definition) is 2. The fraction of sp³-hybridized carbons (Fsp3) is 0.136. The van der Waals surface area contributed by atoms with Crippen molar-refractivity contribution in [2.45, 2.75) is 18.9 Å². The summed E-state index contributed by atoms with van der Waals surface area (Å²) >= 11 is 0. The molecule has 0 aliphatic heterocycles. The van der Waals surface area contributed by atoms with E-state index in [0.29, 0.717) is 17.9 Å². The maximum Gasteiger partial charge on any atom is 0.418 e. The van der Waals surface area contributed by atoms with Gasteiger partial charge in [-0.3, -0.25) is 14.4 Å². The van der Waals surface area contributed by atoms with Crippen LogP contribution in [-0.2, 0) is 18.9 Å². The van der Waals surface area contributed by atoms with E-state index in [2.05, 4.69) is 10.4 Å². The molecule has 4 aromatic rings. The van der Waals surface area contributed by atoms with Crippen molar-refractivity contribution in [3.8, 4) is 5.69 Å². The lowest BCUT2D eigenvalue weighted by Gasteiger charge is -2.18. The minimum absolute atomic E-state index is 0.109. The minimum atomic E-state index is -4.85. The molecule has 182 valence electrons. The molecule has 2 N–H and O–H groups in total. The Morgan fingerprint density at radius 2 is 1.63 bits per heavy atom. The number of carbonyl (C=O) groups excluding carboxylic acids is 1. The Bertz CT molecular complexity index is 1530. The predicted molar refractivity (Wildman–Crippen MR) is 113 cm³/mol. The number of halogens is 6. The molecule has 0 aliphatic carbocycles. The van der Waals surface area contributed by atoms with Crippen molar-refractivity contribution in [2.75, 3.05) is 5.43 Å². The Balaban J connectivity index is 1.83. The lowest BCUT2D eigenvalue weighted by molar-refractivity contribution is -0.138. The molecule has 0 saturated heterocycles. The summed E-state index contributed by atoms with van der Waals surface area (Å²) < 4.78 is 81.4. The van der Waals surface area contributed by atoms with Gasteiger partial charge in [0.05, 0.1) is 34.4 Å². The normalized spacial score (nSPS) is 12.2. The van der Waals surface area contributed by atoms with Gasteiger partial charge in [0.15, 0.2) is 6.29 Å². The minimum Gasteiger partial charge on any atom is -0.322 e. The molecule has 7 nitrogen and oxygen atoms in total. The highest BCUT2D eigenvalue weighted by Crippen LogP contribution is 2.36. The van der Waals surface area contributed by atoms with Gasteiger partial charge in [-0.2, -0.15) is 26.3 Å². The van der Waals surface area contributed by atoms with Crippen molar-refractivity contribution in [3.05, 3.63) is 97.8 Å². The maximum atomic E-state index is 13.8. The van der Waals surface area contributed by atoms with E-state index in [0.717, 1.165) is 45.8 Å². The summed E-state index contributed by atoms with van der Waals surface area (Å²) in [7, 11) is 0. The van der Waals surface area contributed by atoms with Gasteiger partial charge in [-0.05, 0) is 35.9 Å². The molecule has 0 fully saturated rings. The second-order valence-electron chi connectivity index (χ2n) is 7.48. The first-order chi connectivity index (χ1) is 16.4. The van der Waals surface area contributed by atoms with Crippen LogP contribution in [0, 0.1) is 0 Å². The van der Waals surface area contributed by atoms with Crippen LogP contribution in [0.25, 0.3) is 16.7 Å². The smallest absolute Gasteiger partial charge is 0.322 e. The van der Waals surface area contributed by atoms with Gasteiger partial charge in [-0.1, -0.05) is 12.1 Å². The molecular weight excluding hydrogens is 482 g/mol. The zero-order valence-corrected chi connectivity index (χ0v) is 17.4. The summed E-state index contributed by atoms with van der Waals surface area (Å²) in [6, 6.07) is 6.93. The highest BCUT2D eigenvalue weighted by Gasteiger charge is 2.35. The van der Waals surface area contributed by atoms with Crippen molar-refractivity contribution in [1.29, 1.82) is 0 Å². The topological polar surface area (TPSA) is 88.9 Å². The van der Waals surface area contributed by atoms with Crippen LogP contribution in [0.3, 0.4) is 0 Å². The van der Waals surface area contributed by atoms with Crippen LogP contribution in [0.15, 0.2) is 64.4 Å². The zero-order valence-electron chi connectivity index (χ0n) is 17.4. The number of nitrogens with one attached hydrogen (secondary N) is 2. The molecule has 0 aliphatic rings. The van der Waals surface area contributed by atoms with Crippen molar-refractivity contribution in [2.24, 2.45) is 0 Å². The summed E-state index contributed by atoms with van der Waals surface area (Å²) in [5, 5.41) is 0. The third-order valence-corrected chi connectivity index (χ3v) is 5.16. The van der Waals surface area contributed by atoms with E-state index in [1.54, 1.807) is 0 Å². The summed E-state index contributed by atoms with van der Waals surface area (Å²) in [6.07, 6.45) is -6.55. The number of carbonyl (C=O) groups is 1. The van der Waals surface area contributed by atoms with Gasteiger partial charge >= 0.3 is 23.5 Å². The molecule has 0 saturated carbocycles. The fourth-order valence-corrected chi connectivity index (χ4v) is 3.46. The number of hydrogen-bond acceptors (Lipinski definition) is 4. The Labute approximate surface area is 191 Å². The van der Waals surface area contributed by atoms with E-state index in [1.807, 2.05) is 0 Å². The lowest BCUT2D eigenvalue weighted by Crippen LogP contribution is -2.40. The summed E-state index contributed by atoms with van der Waals surface area (Å²) in [5.74, 6) is 0. The molecule has 2 aromatic heterocycles. The van der Waals surface area contributed by atoms with Crippen LogP contribution in [0.4, 0.5) is 26.3 Å². The molecule has 0 radical (unpaired) electrons. The summed E-state index contributed by atoms with van der Waals surface area (Å²) in [4.78, 5) is 37.7.